The minimum absolute atomic E-state index is 0.157. The number of pyridine rings is 1. The number of aryl methyl sites for hydroxylation is 1. The summed E-state index contributed by atoms with van der Waals surface area (Å²) in [7, 11) is 1.74. The van der Waals surface area contributed by atoms with Crippen LogP contribution in [0.3, 0.4) is 0 Å². The van der Waals surface area contributed by atoms with Gasteiger partial charge in [-0.05, 0) is 61.0 Å². The van der Waals surface area contributed by atoms with Crippen LogP contribution in [0.5, 0.6) is 0 Å². The summed E-state index contributed by atoms with van der Waals surface area (Å²) in [4.78, 5) is 34.2. The van der Waals surface area contributed by atoms with Gasteiger partial charge in [0, 0.05) is 43.5 Å². The Morgan fingerprint density at radius 2 is 1.74 bits per heavy atom. The highest BCUT2D eigenvalue weighted by Gasteiger charge is 2.40. The van der Waals surface area contributed by atoms with E-state index in [0.717, 1.165) is 11.3 Å². The molecule has 8 heteroatoms. The van der Waals surface area contributed by atoms with Gasteiger partial charge in [0.2, 0.25) is 0 Å². The Labute approximate surface area is 208 Å². The number of rotatable bonds is 4. The van der Waals surface area contributed by atoms with Gasteiger partial charge in [-0.2, -0.15) is 5.26 Å². The third kappa shape index (κ3) is 4.77. The number of carbonyl (C=O) groups is 2. The molecule has 1 fully saturated rings. The van der Waals surface area contributed by atoms with Gasteiger partial charge in [-0.1, -0.05) is 29.3 Å². The molecule has 6 nitrogen and oxygen atoms in total. The molecular weight excluding hydrogens is 471 g/mol. The van der Waals surface area contributed by atoms with Gasteiger partial charge >= 0.3 is 0 Å². The summed E-state index contributed by atoms with van der Waals surface area (Å²) in [5, 5.41) is 9.90. The molecule has 0 aliphatic carbocycles. The van der Waals surface area contributed by atoms with Crippen molar-refractivity contribution in [2.45, 2.75) is 18.9 Å². The quantitative estimate of drug-likeness (QED) is 0.516. The first-order valence-electron chi connectivity index (χ1n) is 10.7. The number of benzene rings is 2. The minimum Gasteiger partial charge on any atom is -0.336 e. The van der Waals surface area contributed by atoms with Crippen LogP contribution in [0.1, 0.15) is 43.5 Å². The molecule has 0 bridgehead atoms. The third-order valence-electron chi connectivity index (χ3n) is 6.19. The molecule has 1 aliphatic heterocycles. The molecule has 1 aromatic heterocycles. The summed E-state index contributed by atoms with van der Waals surface area (Å²) in [6.07, 6.45) is 1.57. The fraction of sp³-hybridized carbons (Fsp3) is 0.231. The SMILES string of the molecule is Cc1ccc(C(=O)N(C)[C@@H]2CN(C(=O)c3ccc(C#N)cc3)C[C@H]2c2ccc(Cl)c(Cl)c2)cn1. The molecule has 2 aromatic carbocycles. The van der Waals surface area contributed by atoms with Crippen molar-refractivity contribution in [2.75, 3.05) is 20.1 Å². The van der Waals surface area contributed by atoms with Gasteiger partial charge in [0.1, 0.15) is 0 Å². The summed E-state index contributed by atoms with van der Waals surface area (Å²) < 4.78 is 0. The molecule has 0 spiro atoms. The normalized spacial score (nSPS) is 17.3. The van der Waals surface area contributed by atoms with Crippen LogP contribution in [-0.4, -0.2) is 52.8 Å². The number of likely N-dealkylation sites (N-methyl/N-ethyl adjacent to an activating group) is 1. The van der Waals surface area contributed by atoms with E-state index in [-0.39, 0.29) is 23.8 Å². The van der Waals surface area contributed by atoms with Gasteiger partial charge in [0.25, 0.3) is 11.8 Å². The number of likely N-dealkylation sites (tertiary alicyclic amines) is 1. The number of aromatic nitrogens is 1. The van der Waals surface area contributed by atoms with Crippen molar-refractivity contribution in [1.29, 1.82) is 5.26 Å². The number of halogens is 2. The fourth-order valence-electron chi connectivity index (χ4n) is 4.23. The predicted octanol–water partition coefficient (Wildman–Crippen LogP) is 4.95. The predicted molar refractivity (Wildman–Crippen MR) is 131 cm³/mol. The van der Waals surface area contributed by atoms with Crippen molar-refractivity contribution in [1.82, 2.24) is 14.8 Å². The molecule has 2 atom stereocenters. The number of amides is 2. The smallest absolute Gasteiger partial charge is 0.255 e. The monoisotopic (exact) mass is 492 g/mol. The van der Waals surface area contributed by atoms with E-state index in [1.165, 1.54) is 0 Å². The van der Waals surface area contributed by atoms with Crippen LogP contribution in [0.2, 0.25) is 10.0 Å². The van der Waals surface area contributed by atoms with Crippen LogP contribution in [0.15, 0.2) is 60.8 Å². The van der Waals surface area contributed by atoms with Crippen molar-refractivity contribution in [3.63, 3.8) is 0 Å². The van der Waals surface area contributed by atoms with Gasteiger partial charge < -0.3 is 9.80 Å². The average Bonchev–Trinajstić information content (AvgIpc) is 3.30. The molecule has 4 rings (SSSR count). The van der Waals surface area contributed by atoms with E-state index in [1.807, 2.05) is 13.0 Å². The Morgan fingerprint density at radius 1 is 1.03 bits per heavy atom. The van der Waals surface area contributed by atoms with Gasteiger partial charge in [-0.25, -0.2) is 0 Å². The highest BCUT2D eigenvalue weighted by molar-refractivity contribution is 6.42. The summed E-state index contributed by atoms with van der Waals surface area (Å²) in [5.41, 5.74) is 3.19. The Bertz CT molecular complexity index is 1270. The van der Waals surface area contributed by atoms with E-state index in [1.54, 1.807) is 71.6 Å². The molecule has 34 heavy (non-hydrogen) atoms. The number of carbonyl (C=O) groups excluding carboxylic acids is 2. The minimum atomic E-state index is -0.284. The van der Waals surface area contributed by atoms with E-state index in [2.05, 4.69) is 11.1 Å². The molecule has 3 aromatic rings. The summed E-state index contributed by atoms with van der Waals surface area (Å²) in [6.45, 7) is 2.62. The number of nitriles is 1. The van der Waals surface area contributed by atoms with Crippen LogP contribution < -0.4 is 0 Å². The zero-order valence-electron chi connectivity index (χ0n) is 18.7. The molecule has 1 aliphatic rings. The van der Waals surface area contributed by atoms with Crippen molar-refractivity contribution in [3.05, 3.63) is 98.8 Å². The molecule has 2 amide bonds. The Balaban J connectivity index is 1.65. The van der Waals surface area contributed by atoms with Crippen molar-refractivity contribution < 1.29 is 9.59 Å². The zero-order valence-corrected chi connectivity index (χ0v) is 20.2. The van der Waals surface area contributed by atoms with Gasteiger partial charge in [0.15, 0.2) is 0 Å². The zero-order chi connectivity index (χ0) is 24.4. The van der Waals surface area contributed by atoms with E-state index >= 15 is 0 Å². The maximum absolute atomic E-state index is 13.3. The second-order valence-electron chi connectivity index (χ2n) is 8.35. The Hall–Kier alpha value is -3.40. The first kappa shape index (κ1) is 23.7. The second-order valence-corrected chi connectivity index (χ2v) is 9.17. The highest BCUT2D eigenvalue weighted by atomic mass is 35.5. The lowest BCUT2D eigenvalue weighted by molar-refractivity contribution is 0.0695. The molecular formula is C26H22Cl2N4O2. The first-order valence-corrected chi connectivity index (χ1v) is 11.5. The van der Waals surface area contributed by atoms with Crippen LogP contribution in [0, 0.1) is 18.3 Å². The lowest BCUT2D eigenvalue weighted by Gasteiger charge is -2.29. The second kappa shape index (κ2) is 9.84. The van der Waals surface area contributed by atoms with Crippen LogP contribution in [0.25, 0.3) is 0 Å². The molecule has 0 N–H and O–H groups in total. The lowest BCUT2D eigenvalue weighted by atomic mass is 9.93. The molecule has 0 radical (unpaired) electrons. The van der Waals surface area contributed by atoms with Crippen LogP contribution in [-0.2, 0) is 0 Å². The number of hydrogen-bond donors (Lipinski definition) is 0. The van der Waals surface area contributed by atoms with Gasteiger partial charge in [-0.3, -0.25) is 14.6 Å². The average molecular weight is 493 g/mol. The number of hydrogen-bond acceptors (Lipinski definition) is 4. The highest BCUT2D eigenvalue weighted by Crippen LogP contribution is 2.35. The molecule has 0 unspecified atom stereocenters. The standard InChI is InChI=1S/C26H22Cl2N4O2/c1-16-3-6-20(13-30-16)25(33)31(2)24-15-32(26(34)18-7-4-17(12-29)5-8-18)14-21(24)19-9-10-22(27)23(28)11-19/h3-11,13,21,24H,14-15H2,1-2H3/t21-,24+/m0/s1. The van der Waals surface area contributed by atoms with E-state index in [0.29, 0.717) is 39.8 Å². The van der Waals surface area contributed by atoms with E-state index in [4.69, 9.17) is 28.5 Å². The van der Waals surface area contributed by atoms with Crippen molar-refractivity contribution in [3.8, 4) is 6.07 Å². The van der Waals surface area contributed by atoms with Crippen molar-refractivity contribution in [2.24, 2.45) is 0 Å². The largest absolute Gasteiger partial charge is 0.336 e. The molecule has 0 saturated carbocycles. The first-order chi connectivity index (χ1) is 16.3. The number of nitrogens with zero attached hydrogens (tertiary/aromatic N) is 4. The lowest BCUT2D eigenvalue weighted by Crippen LogP contribution is -2.42. The van der Waals surface area contributed by atoms with Crippen LogP contribution in [0.4, 0.5) is 0 Å². The fourth-order valence-corrected chi connectivity index (χ4v) is 4.54. The maximum atomic E-state index is 13.3. The van der Waals surface area contributed by atoms with E-state index < -0.39 is 0 Å². The van der Waals surface area contributed by atoms with Crippen molar-refractivity contribution >= 4 is 35.0 Å². The topological polar surface area (TPSA) is 77.3 Å². The summed E-state index contributed by atoms with van der Waals surface area (Å²) >= 11 is 12.4. The summed E-state index contributed by atoms with van der Waals surface area (Å²) in [6, 6.07) is 17.3. The molecule has 1 saturated heterocycles. The van der Waals surface area contributed by atoms with E-state index in [9.17, 15) is 9.59 Å². The third-order valence-corrected chi connectivity index (χ3v) is 6.92. The van der Waals surface area contributed by atoms with Gasteiger partial charge in [-0.15, -0.1) is 0 Å². The van der Waals surface area contributed by atoms with Crippen LogP contribution >= 0.6 is 23.2 Å². The maximum Gasteiger partial charge on any atom is 0.255 e. The molecule has 172 valence electrons. The summed E-state index contributed by atoms with van der Waals surface area (Å²) in [5.74, 6) is -0.491. The molecule has 2 heterocycles. The van der Waals surface area contributed by atoms with Gasteiger partial charge in [0.05, 0.1) is 33.3 Å². The Kier molecular flexibility index (Phi) is 6.87. The Morgan fingerprint density at radius 3 is 2.35 bits per heavy atom.